The Labute approximate surface area is 301 Å². The number of benzene rings is 4. The minimum Gasteiger partial charge on any atom is -0.501 e. The van der Waals surface area contributed by atoms with E-state index in [9.17, 15) is 0 Å². The molecule has 5 nitrogen and oxygen atoms in total. The minimum absolute atomic E-state index is 0. The Kier molecular flexibility index (Phi) is 9.91. The van der Waals surface area contributed by atoms with Gasteiger partial charge >= 0.3 is 0 Å². The molecule has 6 heteroatoms. The van der Waals surface area contributed by atoms with Gasteiger partial charge in [-0.3, -0.25) is 9.97 Å². The number of aryl methyl sites for hydroxylation is 2. The van der Waals surface area contributed by atoms with Gasteiger partial charge in [-0.25, -0.2) is 0 Å². The molecule has 0 bridgehead atoms. The summed E-state index contributed by atoms with van der Waals surface area (Å²) in [5.74, 6) is 1.52. The number of fused-ring (bicyclic) bond motifs is 4. The maximum atomic E-state index is 6.38. The smallest absolute Gasteiger partial charge is 0.120 e. The SMILES string of the molecule is CC(C)c1cccc(C(C)C)c1-n1c(-c2[c-]ccc3c2oc2ccccc23)nc2ccncc21.Cc1c[c-]c(-c2ccc(C)cn2)cc1.[Ir]. The van der Waals surface area contributed by atoms with Crippen molar-refractivity contribution in [3.8, 4) is 28.3 Å². The van der Waals surface area contributed by atoms with Crippen molar-refractivity contribution < 1.29 is 24.5 Å². The molecule has 4 aromatic heterocycles. The number of hydrogen-bond acceptors (Lipinski definition) is 4. The molecule has 49 heavy (non-hydrogen) atoms. The normalized spacial score (nSPS) is 11.3. The van der Waals surface area contributed by atoms with Crippen LogP contribution in [0.3, 0.4) is 0 Å². The van der Waals surface area contributed by atoms with Gasteiger partial charge in [-0.1, -0.05) is 94.1 Å². The number of para-hydroxylation sites is 2. The van der Waals surface area contributed by atoms with Crippen molar-refractivity contribution in [1.82, 2.24) is 19.5 Å². The molecule has 0 saturated heterocycles. The van der Waals surface area contributed by atoms with E-state index in [4.69, 9.17) is 9.40 Å². The van der Waals surface area contributed by atoms with E-state index in [-0.39, 0.29) is 20.1 Å². The zero-order chi connectivity index (χ0) is 33.4. The Morgan fingerprint density at radius 2 is 1.49 bits per heavy atom. The van der Waals surface area contributed by atoms with E-state index in [1.165, 1.54) is 27.9 Å². The molecule has 0 atom stereocenters. The first-order valence-electron chi connectivity index (χ1n) is 16.5. The molecule has 0 aliphatic rings. The van der Waals surface area contributed by atoms with Crippen LogP contribution in [0.1, 0.15) is 61.8 Å². The van der Waals surface area contributed by atoms with Gasteiger partial charge in [-0.05, 0) is 53.3 Å². The molecule has 0 N–H and O–H groups in total. The Hall–Kier alpha value is -4.90. The van der Waals surface area contributed by atoms with Crippen LogP contribution < -0.4 is 0 Å². The maximum Gasteiger partial charge on any atom is 0.120 e. The van der Waals surface area contributed by atoms with Crippen LogP contribution in [0, 0.1) is 26.0 Å². The zero-order valence-electron chi connectivity index (χ0n) is 28.6. The molecule has 4 heterocycles. The summed E-state index contributed by atoms with van der Waals surface area (Å²) in [5, 5.41) is 2.17. The van der Waals surface area contributed by atoms with E-state index in [2.05, 4.69) is 104 Å². The number of hydrogen-bond donors (Lipinski definition) is 0. The number of furan rings is 1. The van der Waals surface area contributed by atoms with Crippen LogP contribution in [0.25, 0.3) is 61.3 Å². The average Bonchev–Trinajstić information content (AvgIpc) is 3.68. The predicted molar refractivity (Wildman–Crippen MR) is 197 cm³/mol. The second-order valence-corrected chi connectivity index (χ2v) is 12.9. The van der Waals surface area contributed by atoms with Gasteiger partial charge in [0.1, 0.15) is 5.58 Å². The molecule has 8 rings (SSSR count). The average molecular weight is 819 g/mol. The van der Waals surface area contributed by atoms with Crippen LogP contribution in [-0.4, -0.2) is 19.5 Å². The molecular formula is C43H38IrN4O-2. The number of aromatic nitrogens is 4. The first kappa shape index (κ1) is 34.0. The summed E-state index contributed by atoms with van der Waals surface area (Å²) in [6.45, 7) is 13.1. The standard InChI is InChI=1S/C30H26N3O.C13H12N.Ir/c1-18(2)20-10-7-11-21(19(3)4)28(20)33-26-17-31-16-15-25(26)32-30(33)24-13-8-12-23-22-9-5-6-14-27(22)34-29(23)24;1-10-3-6-12(7-4-10)13-8-5-11(2)9-14-13;/h5-12,14-19H,1-4H3;3-6,8-9H,1-2H3;/q2*-1;. The first-order chi connectivity index (χ1) is 23.3. The van der Waals surface area contributed by atoms with Crippen LogP contribution in [-0.2, 0) is 20.1 Å². The largest absolute Gasteiger partial charge is 0.501 e. The fraction of sp³-hybridized carbons (Fsp3) is 0.186. The Morgan fingerprint density at radius 3 is 2.18 bits per heavy atom. The second kappa shape index (κ2) is 14.3. The van der Waals surface area contributed by atoms with E-state index >= 15 is 0 Å². The van der Waals surface area contributed by atoms with E-state index in [1.807, 2.05) is 67.8 Å². The van der Waals surface area contributed by atoms with Crippen molar-refractivity contribution in [2.75, 3.05) is 0 Å². The van der Waals surface area contributed by atoms with Crippen molar-refractivity contribution in [3.05, 3.63) is 144 Å². The zero-order valence-corrected chi connectivity index (χ0v) is 31.0. The summed E-state index contributed by atoms with van der Waals surface area (Å²) in [6, 6.07) is 37.7. The van der Waals surface area contributed by atoms with E-state index in [0.717, 1.165) is 55.6 Å². The third-order valence-electron chi connectivity index (χ3n) is 8.74. The topological polar surface area (TPSA) is 56.7 Å². The molecule has 0 unspecified atom stereocenters. The fourth-order valence-electron chi connectivity index (χ4n) is 6.23. The second-order valence-electron chi connectivity index (χ2n) is 12.9. The summed E-state index contributed by atoms with van der Waals surface area (Å²) in [7, 11) is 0. The van der Waals surface area contributed by atoms with E-state index < -0.39 is 0 Å². The van der Waals surface area contributed by atoms with Gasteiger partial charge in [-0.2, -0.15) is 0 Å². The summed E-state index contributed by atoms with van der Waals surface area (Å²) < 4.78 is 8.65. The minimum atomic E-state index is 0. The summed E-state index contributed by atoms with van der Waals surface area (Å²) >= 11 is 0. The van der Waals surface area contributed by atoms with Gasteiger partial charge in [0.05, 0.1) is 28.6 Å². The van der Waals surface area contributed by atoms with Crippen LogP contribution in [0.2, 0.25) is 0 Å². The number of imidazole rings is 1. The van der Waals surface area contributed by atoms with E-state index in [0.29, 0.717) is 11.8 Å². The molecule has 1 radical (unpaired) electrons. The molecule has 0 aliphatic heterocycles. The number of rotatable bonds is 5. The fourth-order valence-corrected chi connectivity index (χ4v) is 6.23. The molecule has 0 fully saturated rings. The summed E-state index contributed by atoms with van der Waals surface area (Å²) in [6.07, 6.45) is 5.58. The van der Waals surface area contributed by atoms with Crippen molar-refractivity contribution in [1.29, 1.82) is 0 Å². The van der Waals surface area contributed by atoms with Gasteiger partial charge in [0.25, 0.3) is 0 Å². The Bertz CT molecular complexity index is 2300. The molecule has 0 saturated carbocycles. The van der Waals surface area contributed by atoms with Crippen LogP contribution in [0.5, 0.6) is 0 Å². The molecule has 8 aromatic rings. The van der Waals surface area contributed by atoms with Crippen molar-refractivity contribution in [3.63, 3.8) is 0 Å². The number of nitrogens with zero attached hydrogens (tertiary/aromatic N) is 4. The summed E-state index contributed by atoms with van der Waals surface area (Å²) in [4.78, 5) is 13.9. The van der Waals surface area contributed by atoms with Crippen LogP contribution >= 0.6 is 0 Å². The Balaban J connectivity index is 0.000000234. The quantitative estimate of drug-likeness (QED) is 0.162. The van der Waals surface area contributed by atoms with Gasteiger partial charge in [0, 0.05) is 43.6 Å². The first-order valence-corrected chi connectivity index (χ1v) is 16.5. The monoisotopic (exact) mass is 819 g/mol. The van der Waals surface area contributed by atoms with Crippen LogP contribution in [0.4, 0.5) is 0 Å². The molecule has 0 amide bonds. The van der Waals surface area contributed by atoms with Crippen molar-refractivity contribution >= 4 is 33.0 Å². The maximum absolute atomic E-state index is 6.38. The van der Waals surface area contributed by atoms with Crippen molar-refractivity contribution in [2.45, 2.75) is 53.4 Å². The predicted octanol–water partition coefficient (Wildman–Crippen LogP) is 11.2. The molecular weight excluding hydrogens is 781 g/mol. The van der Waals surface area contributed by atoms with Gasteiger partial charge in [0.15, 0.2) is 0 Å². The molecule has 0 aliphatic carbocycles. The van der Waals surface area contributed by atoms with Gasteiger partial charge in [0.2, 0.25) is 0 Å². The van der Waals surface area contributed by atoms with Crippen LogP contribution in [0.15, 0.2) is 114 Å². The molecule has 4 aromatic carbocycles. The molecule has 0 spiro atoms. The van der Waals surface area contributed by atoms with Crippen molar-refractivity contribution in [2.24, 2.45) is 0 Å². The Morgan fingerprint density at radius 1 is 0.735 bits per heavy atom. The van der Waals surface area contributed by atoms with Gasteiger partial charge < -0.3 is 14.0 Å². The van der Waals surface area contributed by atoms with Gasteiger partial charge in [-0.15, -0.1) is 53.6 Å². The molecule has 247 valence electrons. The third-order valence-corrected chi connectivity index (χ3v) is 8.74. The third kappa shape index (κ3) is 6.59. The summed E-state index contributed by atoms with van der Waals surface area (Å²) in [5.41, 5.74) is 12.6. The number of pyridine rings is 2. The van der Waals surface area contributed by atoms with E-state index in [1.54, 1.807) is 6.20 Å².